The predicted octanol–water partition coefficient (Wildman–Crippen LogP) is 4.35. The van der Waals surface area contributed by atoms with Crippen LogP contribution in [0.2, 0.25) is 0 Å². The van der Waals surface area contributed by atoms with E-state index in [1.165, 1.54) is 12.1 Å². The summed E-state index contributed by atoms with van der Waals surface area (Å²) in [5.74, 6) is -0.788. The molecule has 1 aromatic heterocycles. The monoisotopic (exact) mass is 441 g/mol. The Morgan fingerprint density at radius 2 is 1.88 bits per heavy atom. The van der Waals surface area contributed by atoms with Crippen LogP contribution in [-0.2, 0) is 17.8 Å². The van der Waals surface area contributed by atoms with Crippen molar-refractivity contribution >= 4 is 16.8 Å². The van der Waals surface area contributed by atoms with Crippen LogP contribution in [0.1, 0.15) is 45.8 Å². The maximum absolute atomic E-state index is 14.8. The maximum atomic E-state index is 14.8. The van der Waals surface area contributed by atoms with Gasteiger partial charge in [-0.25, -0.2) is 8.78 Å². The second-order valence-electron chi connectivity index (χ2n) is 8.44. The van der Waals surface area contributed by atoms with E-state index < -0.39 is 5.82 Å². The second-order valence-corrected chi connectivity index (χ2v) is 8.44. The average Bonchev–Trinajstić information content (AvgIpc) is 3.21. The van der Waals surface area contributed by atoms with Crippen molar-refractivity contribution in [3.05, 3.63) is 70.4 Å². The molecule has 0 bridgehead atoms. The number of aromatic nitrogens is 1. The van der Waals surface area contributed by atoms with E-state index in [0.29, 0.717) is 62.1 Å². The van der Waals surface area contributed by atoms with E-state index in [2.05, 4.69) is 0 Å². The molecule has 32 heavy (non-hydrogen) atoms. The van der Waals surface area contributed by atoms with E-state index in [4.69, 9.17) is 10.5 Å². The minimum atomic E-state index is -0.402. The maximum Gasteiger partial charge on any atom is 0.256 e. The zero-order valence-corrected chi connectivity index (χ0v) is 18.5. The van der Waals surface area contributed by atoms with Gasteiger partial charge in [-0.05, 0) is 54.5 Å². The van der Waals surface area contributed by atoms with Gasteiger partial charge in [0.25, 0.3) is 5.91 Å². The molecular formula is C25H29F2N3O2. The number of halogens is 2. The third-order valence-electron chi connectivity index (χ3n) is 6.46. The van der Waals surface area contributed by atoms with E-state index in [0.717, 1.165) is 16.6 Å². The van der Waals surface area contributed by atoms with Gasteiger partial charge >= 0.3 is 0 Å². The number of nitrogens with two attached hydrogens (primary N) is 1. The van der Waals surface area contributed by atoms with Gasteiger partial charge in [-0.15, -0.1) is 0 Å². The van der Waals surface area contributed by atoms with Gasteiger partial charge in [-0.3, -0.25) is 4.79 Å². The lowest BCUT2D eigenvalue weighted by Crippen LogP contribution is -2.38. The van der Waals surface area contributed by atoms with Crippen LogP contribution in [-0.4, -0.2) is 42.2 Å². The molecule has 170 valence electrons. The molecule has 0 unspecified atom stereocenters. The van der Waals surface area contributed by atoms with Crippen molar-refractivity contribution in [2.45, 2.75) is 38.8 Å². The van der Waals surface area contributed by atoms with Crippen LogP contribution in [0.3, 0.4) is 0 Å². The molecule has 4 rings (SSSR count). The first-order valence-corrected chi connectivity index (χ1v) is 11.0. The number of nitrogens with zero attached hydrogens (tertiary/aromatic N) is 2. The second kappa shape index (κ2) is 9.38. The van der Waals surface area contributed by atoms with Crippen LogP contribution in [0.4, 0.5) is 8.78 Å². The fourth-order valence-electron chi connectivity index (χ4n) is 4.71. The minimum absolute atomic E-state index is 0.0348. The zero-order chi connectivity index (χ0) is 22.8. The number of ether oxygens (including phenoxy) is 1. The SMILES string of the molecule is COCCn1cc(C(=O)N2CCC(c3cc(CN)ccc3F)CC2)c2c(F)ccc(C)c21. The van der Waals surface area contributed by atoms with Crippen LogP contribution in [0.15, 0.2) is 36.5 Å². The molecule has 2 aromatic carbocycles. The molecule has 0 radical (unpaired) electrons. The Bertz CT molecular complexity index is 1130. The van der Waals surface area contributed by atoms with E-state index >= 15 is 0 Å². The number of carbonyl (C=O) groups excluding carboxylic acids is 1. The summed E-state index contributed by atoms with van der Waals surface area (Å²) in [6, 6.07) is 8.14. The van der Waals surface area contributed by atoms with Crippen LogP contribution < -0.4 is 5.73 Å². The largest absolute Gasteiger partial charge is 0.383 e. The molecule has 0 saturated carbocycles. The molecule has 1 saturated heterocycles. The first-order chi connectivity index (χ1) is 15.4. The van der Waals surface area contributed by atoms with Crippen molar-refractivity contribution in [1.82, 2.24) is 9.47 Å². The topological polar surface area (TPSA) is 60.5 Å². The van der Waals surface area contributed by atoms with Gasteiger partial charge in [0.2, 0.25) is 0 Å². The number of carbonyl (C=O) groups is 1. The van der Waals surface area contributed by atoms with Crippen molar-refractivity contribution in [3.8, 4) is 0 Å². The van der Waals surface area contributed by atoms with E-state index in [1.807, 2.05) is 17.6 Å². The standard InChI is InChI=1S/C25H29F2N3O2/c1-16-3-5-22(27)23-20(15-30(24(16)23)11-12-32-2)25(31)29-9-7-18(8-10-29)19-13-17(14-28)4-6-21(19)26/h3-6,13,15,18H,7-12,14,28H2,1-2H3. The molecule has 1 fully saturated rings. The number of rotatable bonds is 6. The molecule has 3 aromatic rings. The van der Waals surface area contributed by atoms with Gasteiger partial charge in [-0.2, -0.15) is 0 Å². The lowest BCUT2D eigenvalue weighted by molar-refractivity contribution is 0.0713. The van der Waals surface area contributed by atoms with Crippen LogP contribution >= 0.6 is 0 Å². The molecule has 1 aliphatic rings. The van der Waals surface area contributed by atoms with Gasteiger partial charge in [0.15, 0.2) is 0 Å². The third-order valence-corrected chi connectivity index (χ3v) is 6.46. The number of hydrogen-bond donors (Lipinski definition) is 1. The van der Waals surface area contributed by atoms with Crippen LogP contribution in [0.5, 0.6) is 0 Å². The first-order valence-electron chi connectivity index (χ1n) is 11.0. The highest BCUT2D eigenvalue weighted by molar-refractivity contribution is 6.08. The highest BCUT2D eigenvalue weighted by Gasteiger charge is 2.29. The number of methoxy groups -OCH3 is 1. The number of fused-ring (bicyclic) bond motifs is 1. The van der Waals surface area contributed by atoms with Crippen molar-refractivity contribution < 1.29 is 18.3 Å². The first kappa shape index (κ1) is 22.4. The Morgan fingerprint density at radius 3 is 2.56 bits per heavy atom. The molecule has 7 heteroatoms. The number of aryl methyl sites for hydroxylation is 1. The Kier molecular flexibility index (Phi) is 6.58. The van der Waals surface area contributed by atoms with Crippen LogP contribution in [0.25, 0.3) is 10.9 Å². The summed E-state index contributed by atoms with van der Waals surface area (Å²) in [5, 5.41) is 0.356. The summed E-state index contributed by atoms with van der Waals surface area (Å²) >= 11 is 0. The van der Waals surface area contributed by atoms with Gasteiger partial charge in [-0.1, -0.05) is 18.2 Å². The molecular weight excluding hydrogens is 412 g/mol. The summed E-state index contributed by atoms with van der Waals surface area (Å²) < 4.78 is 36.3. The zero-order valence-electron chi connectivity index (χ0n) is 18.5. The molecule has 2 heterocycles. The highest BCUT2D eigenvalue weighted by Crippen LogP contribution is 2.33. The molecule has 0 spiro atoms. The average molecular weight is 442 g/mol. The minimum Gasteiger partial charge on any atom is -0.383 e. The Morgan fingerprint density at radius 1 is 1.16 bits per heavy atom. The summed E-state index contributed by atoms with van der Waals surface area (Å²) in [5.41, 5.74) is 9.27. The normalized spacial score (nSPS) is 15.0. The van der Waals surface area contributed by atoms with Crippen LogP contribution in [0, 0.1) is 18.6 Å². The fourth-order valence-corrected chi connectivity index (χ4v) is 4.71. The van der Waals surface area contributed by atoms with Crippen molar-refractivity contribution in [2.24, 2.45) is 5.73 Å². The molecule has 0 aliphatic carbocycles. The predicted molar refractivity (Wildman–Crippen MR) is 121 cm³/mol. The number of benzene rings is 2. The lowest BCUT2D eigenvalue weighted by atomic mass is 9.88. The number of hydrogen-bond acceptors (Lipinski definition) is 3. The molecule has 0 atom stereocenters. The summed E-state index contributed by atoms with van der Waals surface area (Å²) in [7, 11) is 1.61. The van der Waals surface area contributed by atoms with E-state index in [9.17, 15) is 13.6 Å². The van der Waals surface area contributed by atoms with E-state index in [-0.39, 0.29) is 17.6 Å². The quantitative estimate of drug-likeness (QED) is 0.619. The molecule has 1 aliphatic heterocycles. The number of likely N-dealkylation sites (tertiary alicyclic amines) is 1. The fraction of sp³-hybridized carbons (Fsp3) is 0.400. The van der Waals surface area contributed by atoms with Crippen molar-refractivity contribution in [1.29, 1.82) is 0 Å². The van der Waals surface area contributed by atoms with Gasteiger partial charge in [0.1, 0.15) is 11.6 Å². The third kappa shape index (κ3) is 4.14. The Hall–Kier alpha value is -2.77. The van der Waals surface area contributed by atoms with Gasteiger partial charge < -0.3 is 19.9 Å². The Balaban J connectivity index is 1.58. The van der Waals surface area contributed by atoms with Crippen molar-refractivity contribution in [2.75, 3.05) is 26.8 Å². The van der Waals surface area contributed by atoms with E-state index in [1.54, 1.807) is 30.3 Å². The highest BCUT2D eigenvalue weighted by atomic mass is 19.1. The lowest BCUT2D eigenvalue weighted by Gasteiger charge is -2.32. The smallest absolute Gasteiger partial charge is 0.256 e. The van der Waals surface area contributed by atoms with Gasteiger partial charge in [0, 0.05) is 44.9 Å². The number of amides is 1. The molecule has 2 N–H and O–H groups in total. The summed E-state index contributed by atoms with van der Waals surface area (Å²) in [4.78, 5) is 15.1. The van der Waals surface area contributed by atoms with Gasteiger partial charge in [0.05, 0.1) is 17.7 Å². The Labute approximate surface area is 186 Å². The molecule has 1 amide bonds. The summed E-state index contributed by atoms with van der Waals surface area (Å²) in [6.45, 7) is 4.26. The number of piperidine rings is 1. The summed E-state index contributed by atoms with van der Waals surface area (Å²) in [6.07, 6.45) is 3.04. The molecule has 5 nitrogen and oxygen atoms in total. The van der Waals surface area contributed by atoms with Crippen molar-refractivity contribution in [3.63, 3.8) is 0 Å².